The van der Waals surface area contributed by atoms with Gasteiger partial charge in [0.15, 0.2) is 0 Å². The van der Waals surface area contributed by atoms with Crippen molar-refractivity contribution in [2.45, 2.75) is 20.8 Å². The molecule has 140 valence electrons. The highest BCUT2D eigenvalue weighted by molar-refractivity contribution is 7.17. The number of anilines is 2. The van der Waals surface area contributed by atoms with Crippen LogP contribution in [0.1, 0.15) is 21.6 Å². The molecule has 1 aliphatic rings. The fourth-order valence-electron chi connectivity index (χ4n) is 3.43. The Morgan fingerprint density at radius 1 is 1.11 bits per heavy atom. The van der Waals surface area contributed by atoms with Crippen molar-refractivity contribution in [2.24, 2.45) is 5.10 Å². The van der Waals surface area contributed by atoms with Crippen LogP contribution in [0.5, 0.6) is 0 Å². The molecule has 1 aromatic carbocycles. The molecular weight excluding hydrogens is 356 g/mol. The molecule has 0 spiro atoms. The molecule has 3 heterocycles. The highest BCUT2D eigenvalue weighted by atomic mass is 32.1. The van der Waals surface area contributed by atoms with Crippen LogP contribution in [0.25, 0.3) is 10.9 Å². The summed E-state index contributed by atoms with van der Waals surface area (Å²) in [6.07, 6.45) is 1.86. The van der Waals surface area contributed by atoms with Crippen molar-refractivity contribution in [3.05, 3.63) is 51.9 Å². The quantitative estimate of drug-likeness (QED) is 0.535. The van der Waals surface area contributed by atoms with Crippen LogP contribution in [-0.2, 0) is 4.74 Å². The van der Waals surface area contributed by atoms with E-state index in [0.29, 0.717) is 0 Å². The maximum absolute atomic E-state index is 5.42. The summed E-state index contributed by atoms with van der Waals surface area (Å²) in [4.78, 5) is 8.22. The molecular formula is C21H24N4OS. The minimum Gasteiger partial charge on any atom is -0.378 e. The molecule has 0 amide bonds. The predicted octanol–water partition coefficient (Wildman–Crippen LogP) is 4.50. The lowest BCUT2D eigenvalue weighted by Crippen LogP contribution is -2.35. The van der Waals surface area contributed by atoms with E-state index in [0.717, 1.165) is 42.5 Å². The highest BCUT2D eigenvalue weighted by Gasteiger charge is 2.12. The Labute approximate surface area is 163 Å². The summed E-state index contributed by atoms with van der Waals surface area (Å²) in [7, 11) is 0. The second-order valence-corrected chi connectivity index (χ2v) is 8.04. The first-order valence-corrected chi connectivity index (χ1v) is 10.0. The number of fused-ring (bicyclic) bond motifs is 1. The second kappa shape index (κ2) is 7.66. The smallest absolute Gasteiger partial charge is 0.147 e. The van der Waals surface area contributed by atoms with E-state index in [9.17, 15) is 0 Å². The van der Waals surface area contributed by atoms with Gasteiger partial charge in [-0.05, 0) is 56.2 Å². The van der Waals surface area contributed by atoms with Crippen molar-refractivity contribution < 1.29 is 4.74 Å². The number of hydrogen-bond acceptors (Lipinski definition) is 6. The zero-order valence-corrected chi connectivity index (χ0v) is 16.8. The van der Waals surface area contributed by atoms with E-state index >= 15 is 0 Å². The van der Waals surface area contributed by atoms with E-state index in [1.165, 1.54) is 27.1 Å². The van der Waals surface area contributed by atoms with Crippen LogP contribution in [0, 0.1) is 20.8 Å². The lowest BCUT2D eigenvalue weighted by atomic mass is 10.0. The molecule has 1 saturated heterocycles. The van der Waals surface area contributed by atoms with Gasteiger partial charge in [-0.25, -0.2) is 4.98 Å². The number of aromatic nitrogens is 1. The molecule has 0 aliphatic carbocycles. The predicted molar refractivity (Wildman–Crippen MR) is 115 cm³/mol. The summed E-state index contributed by atoms with van der Waals surface area (Å²) in [6, 6.07) is 10.7. The van der Waals surface area contributed by atoms with Gasteiger partial charge in [-0.1, -0.05) is 11.6 Å². The number of hydrogen-bond donors (Lipinski definition) is 1. The minimum absolute atomic E-state index is 0.771. The molecule has 6 heteroatoms. The number of benzene rings is 1. The van der Waals surface area contributed by atoms with Gasteiger partial charge < -0.3 is 9.64 Å². The lowest BCUT2D eigenvalue weighted by Gasteiger charge is -2.27. The van der Waals surface area contributed by atoms with Gasteiger partial charge in [0.05, 0.1) is 29.9 Å². The Morgan fingerprint density at radius 3 is 2.74 bits per heavy atom. The molecule has 0 atom stereocenters. The zero-order valence-electron chi connectivity index (χ0n) is 16.0. The molecule has 27 heavy (non-hydrogen) atoms. The molecule has 0 saturated carbocycles. The van der Waals surface area contributed by atoms with Gasteiger partial charge in [-0.15, -0.1) is 11.3 Å². The Morgan fingerprint density at radius 2 is 1.93 bits per heavy atom. The monoisotopic (exact) mass is 380 g/mol. The van der Waals surface area contributed by atoms with Crippen LogP contribution in [0.4, 0.5) is 10.8 Å². The van der Waals surface area contributed by atoms with Crippen LogP contribution in [-0.4, -0.2) is 37.5 Å². The fraction of sp³-hybridized carbons (Fsp3) is 0.333. The molecule has 4 rings (SSSR count). The number of aryl methyl sites for hydroxylation is 3. The number of ether oxygens (including phenoxy) is 1. The lowest BCUT2D eigenvalue weighted by molar-refractivity contribution is 0.123. The maximum Gasteiger partial charge on any atom is 0.147 e. The summed E-state index contributed by atoms with van der Waals surface area (Å²) >= 11 is 1.74. The first-order valence-electron chi connectivity index (χ1n) is 9.20. The average molecular weight is 381 g/mol. The molecule has 0 bridgehead atoms. The number of pyridine rings is 1. The molecule has 5 nitrogen and oxygen atoms in total. The Hall–Kier alpha value is -2.44. The van der Waals surface area contributed by atoms with Crippen molar-refractivity contribution in [1.29, 1.82) is 0 Å². The number of rotatable bonds is 4. The third-order valence-electron chi connectivity index (χ3n) is 4.76. The molecule has 1 N–H and O–H groups in total. The van der Waals surface area contributed by atoms with Gasteiger partial charge in [0.2, 0.25) is 0 Å². The summed E-state index contributed by atoms with van der Waals surface area (Å²) in [5.74, 6) is 0.771. The number of hydrazone groups is 1. The van der Waals surface area contributed by atoms with E-state index in [1.807, 2.05) is 12.3 Å². The van der Waals surface area contributed by atoms with Gasteiger partial charge in [0.1, 0.15) is 5.82 Å². The first-order chi connectivity index (χ1) is 13.1. The van der Waals surface area contributed by atoms with E-state index in [2.05, 4.69) is 60.5 Å². The SMILES string of the molecule is Cc1cc(C)c2nc(NN=Cc3ccc(N4CCOCC4)s3)cc(C)c2c1. The Balaban J connectivity index is 1.49. The minimum atomic E-state index is 0.771. The van der Waals surface area contributed by atoms with Crippen molar-refractivity contribution in [2.75, 3.05) is 36.6 Å². The third kappa shape index (κ3) is 3.96. The fourth-order valence-corrected chi connectivity index (χ4v) is 4.36. The van der Waals surface area contributed by atoms with Crippen molar-refractivity contribution >= 4 is 39.3 Å². The number of thiophene rings is 1. The molecule has 1 fully saturated rings. The topological polar surface area (TPSA) is 49.8 Å². The van der Waals surface area contributed by atoms with Crippen molar-refractivity contribution in [3.63, 3.8) is 0 Å². The van der Waals surface area contributed by atoms with Crippen molar-refractivity contribution in [3.8, 4) is 0 Å². The maximum atomic E-state index is 5.42. The molecule has 1 aliphatic heterocycles. The highest BCUT2D eigenvalue weighted by Crippen LogP contribution is 2.26. The summed E-state index contributed by atoms with van der Waals surface area (Å²) in [5.41, 5.74) is 7.77. The van der Waals surface area contributed by atoms with Crippen LogP contribution < -0.4 is 10.3 Å². The van der Waals surface area contributed by atoms with Gasteiger partial charge in [0, 0.05) is 23.4 Å². The number of morpholine rings is 1. The van der Waals surface area contributed by atoms with E-state index in [4.69, 9.17) is 9.72 Å². The zero-order chi connectivity index (χ0) is 18.8. The van der Waals surface area contributed by atoms with Gasteiger partial charge >= 0.3 is 0 Å². The molecule has 0 radical (unpaired) electrons. The Kier molecular flexibility index (Phi) is 5.09. The van der Waals surface area contributed by atoms with E-state index in [-0.39, 0.29) is 0 Å². The van der Waals surface area contributed by atoms with Crippen LogP contribution in [0.15, 0.2) is 35.4 Å². The molecule has 3 aromatic rings. The Bertz CT molecular complexity index is 989. The van der Waals surface area contributed by atoms with Crippen LogP contribution in [0.3, 0.4) is 0 Å². The van der Waals surface area contributed by atoms with E-state index < -0.39 is 0 Å². The number of nitrogens with zero attached hydrogens (tertiary/aromatic N) is 3. The third-order valence-corrected chi connectivity index (χ3v) is 5.84. The van der Waals surface area contributed by atoms with Gasteiger partial charge in [0.25, 0.3) is 0 Å². The van der Waals surface area contributed by atoms with Gasteiger partial charge in [-0.3, -0.25) is 5.43 Å². The first kappa shape index (κ1) is 17.9. The van der Waals surface area contributed by atoms with Crippen LogP contribution in [0.2, 0.25) is 0 Å². The second-order valence-electron chi connectivity index (χ2n) is 6.95. The summed E-state index contributed by atoms with van der Waals surface area (Å²) < 4.78 is 5.42. The van der Waals surface area contributed by atoms with Gasteiger partial charge in [-0.2, -0.15) is 5.10 Å². The summed E-state index contributed by atoms with van der Waals surface area (Å²) in [6.45, 7) is 9.85. The molecule has 0 unspecified atom stereocenters. The molecule has 2 aromatic heterocycles. The standard InChI is InChI=1S/C21H24N4OS/c1-14-10-16(3)21-18(11-14)15(2)12-19(23-21)24-22-13-17-4-5-20(27-17)25-6-8-26-9-7-25/h4-5,10-13H,6-9H2,1-3H3,(H,23,24). The average Bonchev–Trinajstić information content (AvgIpc) is 3.12. The summed E-state index contributed by atoms with van der Waals surface area (Å²) in [5, 5.41) is 6.87. The normalized spacial score (nSPS) is 15.0. The largest absolute Gasteiger partial charge is 0.378 e. The van der Waals surface area contributed by atoms with Crippen molar-refractivity contribution in [1.82, 2.24) is 4.98 Å². The number of nitrogens with one attached hydrogen (secondary N) is 1. The van der Waals surface area contributed by atoms with Crippen LogP contribution >= 0.6 is 11.3 Å². The van der Waals surface area contributed by atoms with E-state index in [1.54, 1.807) is 11.3 Å².